The number of para-hydroxylation sites is 1. The summed E-state index contributed by atoms with van der Waals surface area (Å²) < 4.78 is 0.917. The predicted molar refractivity (Wildman–Crippen MR) is 76.5 cm³/mol. The summed E-state index contributed by atoms with van der Waals surface area (Å²) in [5, 5.41) is 11.0. The highest BCUT2D eigenvalue weighted by Gasteiger charge is 2.11. The van der Waals surface area contributed by atoms with Crippen molar-refractivity contribution in [3.8, 4) is 10.7 Å². The van der Waals surface area contributed by atoms with Gasteiger partial charge >= 0.3 is 0 Å². The molecule has 0 saturated heterocycles. The molecule has 18 heavy (non-hydrogen) atoms. The highest BCUT2D eigenvalue weighted by molar-refractivity contribution is 9.10. The summed E-state index contributed by atoms with van der Waals surface area (Å²) in [5.74, 6) is 0. The number of fused-ring (bicyclic) bond motifs is 1. The molecule has 90 valence electrons. The molecule has 0 aliphatic heterocycles. The zero-order valence-electron chi connectivity index (χ0n) is 9.30. The van der Waals surface area contributed by atoms with Crippen LogP contribution in [0, 0.1) is 0 Å². The molecule has 0 aliphatic carbocycles. The third kappa shape index (κ3) is 2.05. The van der Waals surface area contributed by atoms with Crippen LogP contribution in [0.3, 0.4) is 0 Å². The Kier molecular flexibility index (Phi) is 3.11. The number of hydrogen-bond donors (Lipinski definition) is 1. The summed E-state index contributed by atoms with van der Waals surface area (Å²) in [6.07, 6.45) is 1.68. The van der Waals surface area contributed by atoms with E-state index in [2.05, 4.69) is 25.9 Å². The van der Waals surface area contributed by atoms with Crippen LogP contribution < -0.4 is 0 Å². The maximum atomic E-state index is 9.08. The molecule has 3 aromatic rings. The largest absolute Gasteiger partial charge is 0.391 e. The third-order valence-electron chi connectivity index (χ3n) is 2.59. The molecule has 3 rings (SSSR count). The number of halogens is 1. The molecule has 0 bridgehead atoms. The fourth-order valence-electron chi connectivity index (χ4n) is 1.73. The van der Waals surface area contributed by atoms with E-state index < -0.39 is 0 Å². The number of pyridine rings is 1. The minimum Gasteiger partial charge on any atom is -0.391 e. The van der Waals surface area contributed by atoms with Crippen LogP contribution in [0.4, 0.5) is 0 Å². The lowest BCUT2D eigenvalue weighted by Gasteiger charge is -2.03. The number of aromatic nitrogens is 2. The van der Waals surface area contributed by atoms with E-state index in [4.69, 9.17) is 5.11 Å². The second-order valence-corrected chi connectivity index (χ2v) is 5.77. The van der Waals surface area contributed by atoms with Crippen LogP contribution in [-0.4, -0.2) is 15.1 Å². The normalized spacial score (nSPS) is 11.0. The molecule has 2 heterocycles. The van der Waals surface area contributed by atoms with Gasteiger partial charge in [-0.2, -0.15) is 0 Å². The molecule has 0 saturated carbocycles. The molecule has 5 heteroatoms. The van der Waals surface area contributed by atoms with Gasteiger partial charge in [0.05, 0.1) is 17.0 Å². The van der Waals surface area contributed by atoms with E-state index in [0.717, 1.165) is 31.0 Å². The first-order valence-corrected chi connectivity index (χ1v) is 7.00. The van der Waals surface area contributed by atoms with Crippen LogP contribution in [0.2, 0.25) is 0 Å². The molecule has 0 spiro atoms. The van der Waals surface area contributed by atoms with Crippen molar-refractivity contribution in [3.05, 3.63) is 45.9 Å². The van der Waals surface area contributed by atoms with Gasteiger partial charge in [-0.3, -0.25) is 0 Å². The first-order valence-electron chi connectivity index (χ1n) is 5.39. The summed E-state index contributed by atoms with van der Waals surface area (Å²) in [4.78, 5) is 9.74. The molecule has 1 aromatic carbocycles. The summed E-state index contributed by atoms with van der Waals surface area (Å²) in [7, 11) is 0. The summed E-state index contributed by atoms with van der Waals surface area (Å²) in [6, 6.07) is 10.00. The molecular weight excluding hydrogens is 312 g/mol. The van der Waals surface area contributed by atoms with Crippen LogP contribution in [-0.2, 0) is 6.61 Å². The van der Waals surface area contributed by atoms with Crippen LogP contribution >= 0.6 is 27.3 Å². The Hall–Kier alpha value is -1.30. The van der Waals surface area contributed by atoms with Gasteiger partial charge < -0.3 is 5.11 Å². The lowest BCUT2D eigenvalue weighted by Crippen LogP contribution is -1.86. The summed E-state index contributed by atoms with van der Waals surface area (Å²) in [6.45, 7) is 0.0167. The number of thiazole rings is 1. The fraction of sp³-hybridized carbons (Fsp3) is 0.0769. The molecule has 3 nitrogen and oxygen atoms in total. The van der Waals surface area contributed by atoms with E-state index in [1.807, 2.05) is 30.3 Å². The Balaban J connectivity index is 2.19. The van der Waals surface area contributed by atoms with Gasteiger partial charge in [0.25, 0.3) is 0 Å². The second kappa shape index (κ2) is 4.76. The quantitative estimate of drug-likeness (QED) is 0.784. The first-order chi connectivity index (χ1) is 8.78. The van der Waals surface area contributed by atoms with Crippen LogP contribution in [0.1, 0.15) is 4.88 Å². The number of aliphatic hydroxyl groups excluding tert-OH is 1. The number of aliphatic hydroxyl groups is 1. The third-order valence-corrected chi connectivity index (χ3v) is 4.18. The van der Waals surface area contributed by atoms with Gasteiger partial charge in [0.1, 0.15) is 10.7 Å². The molecule has 0 atom stereocenters. The molecule has 1 N–H and O–H groups in total. The summed E-state index contributed by atoms with van der Waals surface area (Å²) in [5.41, 5.74) is 1.76. The summed E-state index contributed by atoms with van der Waals surface area (Å²) >= 11 is 4.98. The van der Waals surface area contributed by atoms with Crippen molar-refractivity contribution >= 4 is 38.2 Å². The Labute approximate surface area is 116 Å². The van der Waals surface area contributed by atoms with Crippen molar-refractivity contribution in [2.24, 2.45) is 0 Å². The molecule has 2 aromatic heterocycles. The van der Waals surface area contributed by atoms with E-state index in [-0.39, 0.29) is 6.61 Å². The van der Waals surface area contributed by atoms with Crippen LogP contribution in [0.25, 0.3) is 21.6 Å². The average Bonchev–Trinajstić information content (AvgIpc) is 2.86. The first kappa shape index (κ1) is 11.8. The molecule has 0 aliphatic rings. The van der Waals surface area contributed by atoms with Gasteiger partial charge in [-0.1, -0.05) is 18.2 Å². The van der Waals surface area contributed by atoms with E-state index in [1.54, 1.807) is 6.20 Å². The van der Waals surface area contributed by atoms with Crippen molar-refractivity contribution in [2.45, 2.75) is 6.61 Å². The minimum absolute atomic E-state index is 0.0167. The van der Waals surface area contributed by atoms with Gasteiger partial charge in [0, 0.05) is 16.1 Å². The number of benzene rings is 1. The Bertz CT molecular complexity index is 711. The van der Waals surface area contributed by atoms with Crippen molar-refractivity contribution in [1.82, 2.24) is 9.97 Å². The highest BCUT2D eigenvalue weighted by atomic mass is 79.9. The maximum absolute atomic E-state index is 9.08. The second-order valence-electron chi connectivity index (χ2n) is 3.80. The smallest absolute Gasteiger partial charge is 0.143 e. The van der Waals surface area contributed by atoms with Crippen molar-refractivity contribution in [3.63, 3.8) is 0 Å². The number of hydrogen-bond acceptors (Lipinski definition) is 4. The van der Waals surface area contributed by atoms with Crippen LogP contribution in [0.15, 0.2) is 41.0 Å². The molecular formula is C13H9BrN2OS. The Morgan fingerprint density at radius 3 is 2.89 bits per heavy atom. The molecule has 0 amide bonds. The zero-order chi connectivity index (χ0) is 12.5. The van der Waals surface area contributed by atoms with E-state index in [9.17, 15) is 0 Å². The van der Waals surface area contributed by atoms with Crippen LogP contribution in [0.5, 0.6) is 0 Å². The van der Waals surface area contributed by atoms with E-state index in [0.29, 0.717) is 0 Å². The van der Waals surface area contributed by atoms with Gasteiger partial charge in [-0.15, -0.1) is 11.3 Å². The number of nitrogens with zero attached hydrogens (tertiary/aromatic N) is 2. The lowest BCUT2D eigenvalue weighted by molar-refractivity contribution is 0.285. The lowest BCUT2D eigenvalue weighted by atomic mass is 10.2. The van der Waals surface area contributed by atoms with Gasteiger partial charge in [0.15, 0.2) is 0 Å². The SMILES string of the molecule is OCc1cnc(-c2nc3ccccc3cc2Br)s1. The zero-order valence-corrected chi connectivity index (χ0v) is 11.7. The number of rotatable bonds is 2. The van der Waals surface area contributed by atoms with Crippen molar-refractivity contribution in [1.29, 1.82) is 0 Å². The Morgan fingerprint density at radius 2 is 2.11 bits per heavy atom. The maximum Gasteiger partial charge on any atom is 0.143 e. The monoisotopic (exact) mass is 320 g/mol. The standard InChI is InChI=1S/C13H9BrN2OS/c14-10-5-8-3-1-2-4-11(8)16-12(10)13-15-6-9(7-17)18-13/h1-6,17H,7H2. The predicted octanol–water partition coefficient (Wildman–Crippen LogP) is 3.61. The van der Waals surface area contributed by atoms with E-state index in [1.165, 1.54) is 11.3 Å². The van der Waals surface area contributed by atoms with Crippen molar-refractivity contribution in [2.75, 3.05) is 0 Å². The Morgan fingerprint density at radius 1 is 1.28 bits per heavy atom. The van der Waals surface area contributed by atoms with Gasteiger partial charge in [-0.05, 0) is 28.1 Å². The molecule has 0 unspecified atom stereocenters. The molecule has 0 fully saturated rings. The van der Waals surface area contributed by atoms with Gasteiger partial charge in [0.2, 0.25) is 0 Å². The average molecular weight is 321 g/mol. The fourth-order valence-corrected chi connectivity index (χ4v) is 3.16. The van der Waals surface area contributed by atoms with E-state index >= 15 is 0 Å². The highest BCUT2D eigenvalue weighted by Crippen LogP contribution is 2.32. The molecule has 0 radical (unpaired) electrons. The van der Waals surface area contributed by atoms with Crippen molar-refractivity contribution < 1.29 is 5.11 Å². The topological polar surface area (TPSA) is 46.0 Å². The minimum atomic E-state index is 0.0167. The van der Waals surface area contributed by atoms with Gasteiger partial charge in [-0.25, -0.2) is 9.97 Å².